The molecule has 1 aromatic carbocycles. The van der Waals surface area contributed by atoms with Gasteiger partial charge in [-0.1, -0.05) is 18.2 Å². The Morgan fingerprint density at radius 3 is 2.67 bits per heavy atom. The average Bonchev–Trinajstić information content (AvgIpc) is 3.00. The van der Waals surface area contributed by atoms with Crippen molar-refractivity contribution in [3.05, 3.63) is 54.0 Å². The minimum atomic E-state index is -0.483. The van der Waals surface area contributed by atoms with E-state index in [-0.39, 0.29) is 12.4 Å². The summed E-state index contributed by atoms with van der Waals surface area (Å²) in [6.45, 7) is 1.37. The van der Waals surface area contributed by atoms with Crippen molar-refractivity contribution in [1.82, 2.24) is 0 Å². The molecule has 1 aromatic heterocycles. The normalized spacial score (nSPS) is 10.4. The van der Waals surface area contributed by atoms with Gasteiger partial charge in [-0.05, 0) is 30.7 Å². The molecule has 0 saturated carbocycles. The van der Waals surface area contributed by atoms with Gasteiger partial charge in [0.25, 0.3) is 0 Å². The third kappa shape index (κ3) is 4.10. The summed E-state index contributed by atoms with van der Waals surface area (Å²) in [5.74, 6) is 0.391. The van der Waals surface area contributed by atoms with Gasteiger partial charge in [-0.3, -0.25) is 0 Å². The molecule has 0 amide bonds. The fourth-order valence-electron chi connectivity index (χ4n) is 2.06. The zero-order valence-corrected chi connectivity index (χ0v) is 12.0. The molecule has 21 heavy (non-hydrogen) atoms. The SMILES string of the molecule is COC(=O)c1ccc(CN(CCCO)c2ccccc2)o1. The quantitative estimate of drug-likeness (QED) is 0.793. The summed E-state index contributed by atoms with van der Waals surface area (Å²) in [6.07, 6.45) is 0.666. The summed E-state index contributed by atoms with van der Waals surface area (Å²) in [6, 6.07) is 13.3. The van der Waals surface area contributed by atoms with Crippen molar-refractivity contribution in [2.45, 2.75) is 13.0 Å². The predicted octanol–water partition coefficient (Wildman–Crippen LogP) is 2.46. The number of hydrogen-bond donors (Lipinski definition) is 1. The molecular formula is C16H19NO4. The van der Waals surface area contributed by atoms with Gasteiger partial charge in [0.1, 0.15) is 5.76 Å². The largest absolute Gasteiger partial charge is 0.463 e. The van der Waals surface area contributed by atoms with Crippen LogP contribution in [0.1, 0.15) is 22.7 Å². The van der Waals surface area contributed by atoms with E-state index >= 15 is 0 Å². The van der Waals surface area contributed by atoms with Gasteiger partial charge in [-0.25, -0.2) is 4.79 Å². The number of esters is 1. The van der Waals surface area contributed by atoms with Gasteiger partial charge < -0.3 is 19.2 Å². The van der Waals surface area contributed by atoms with Crippen LogP contribution in [-0.4, -0.2) is 31.3 Å². The number of nitrogens with zero attached hydrogens (tertiary/aromatic N) is 1. The van der Waals surface area contributed by atoms with Crippen molar-refractivity contribution in [1.29, 1.82) is 0 Å². The van der Waals surface area contributed by atoms with Crippen LogP contribution in [0.15, 0.2) is 46.9 Å². The van der Waals surface area contributed by atoms with E-state index in [9.17, 15) is 4.79 Å². The molecule has 5 heteroatoms. The molecule has 0 spiro atoms. The summed E-state index contributed by atoms with van der Waals surface area (Å²) >= 11 is 0. The fourth-order valence-corrected chi connectivity index (χ4v) is 2.06. The number of aliphatic hydroxyl groups excluding tert-OH is 1. The Morgan fingerprint density at radius 1 is 1.24 bits per heavy atom. The molecule has 1 heterocycles. The van der Waals surface area contributed by atoms with Gasteiger partial charge in [-0.2, -0.15) is 0 Å². The first-order valence-corrected chi connectivity index (χ1v) is 6.82. The molecule has 5 nitrogen and oxygen atoms in total. The van der Waals surface area contributed by atoms with Crippen LogP contribution in [-0.2, 0) is 11.3 Å². The van der Waals surface area contributed by atoms with Crippen LogP contribution in [0.5, 0.6) is 0 Å². The number of furan rings is 1. The van der Waals surface area contributed by atoms with Gasteiger partial charge in [0, 0.05) is 18.8 Å². The van der Waals surface area contributed by atoms with Gasteiger partial charge in [0.15, 0.2) is 0 Å². The van der Waals surface area contributed by atoms with E-state index < -0.39 is 5.97 Å². The highest BCUT2D eigenvalue weighted by Crippen LogP contribution is 2.19. The predicted molar refractivity (Wildman–Crippen MR) is 79.2 cm³/mol. The van der Waals surface area contributed by atoms with E-state index in [4.69, 9.17) is 9.52 Å². The summed E-state index contributed by atoms with van der Waals surface area (Å²) in [7, 11) is 1.32. The highest BCUT2D eigenvalue weighted by Gasteiger charge is 2.14. The lowest BCUT2D eigenvalue weighted by atomic mass is 10.2. The van der Waals surface area contributed by atoms with Crippen LogP contribution < -0.4 is 4.90 Å². The maximum Gasteiger partial charge on any atom is 0.373 e. The first-order chi connectivity index (χ1) is 10.2. The zero-order chi connectivity index (χ0) is 15.1. The van der Waals surface area contributed by atoms with E-state index in [2.05, 4.69) is 9.64 Å². The number of aliphatic hydroxyl groups is 1. The van der Waals surface area contributed by atoms with Crippen molar-refractivity contribution < 1.29 is 19.1 Å². The van der Waals surface area contributed by atoms with Gasteiger partial charge in [-0.15, -0.1) is 0 Å². The van der Waals surface area contributed by atoms with Crippen LogP contribution in [0.2, 0.25) is 0 Å². The smallest absolute Gasteiger partial charge is 0.373 e. The Labute approximate surface area is 123 Å². The number of hydrogen-bond acceptors (Lipinski definition) is 5. The van der Waals surface area contributed by atoms with Crippen LogP contribution >= 0.6 is 0 Å². The van der Waals surface area contributed by atoms with Crippen molar-refractivity contribution in [2.24, 2.45) is 0 Å². The molecule has 0 atom stereocenters. The standard InChI is InChI=1S/C16H19NO4/c1-20-16(19)15-9-8-14(21-15)12-17(10-5-11-18)13-6-3-2-4-7-13/h2-4,6-9,18H,5,10-12H2,1H3. The minimum absolute atomic E-state index is 0.134. The molecule has 0 aliphatic heterocycles. The molecule has 0 fully saturated rings. The van der Waals surface area contributed by atoms with E-state index in [1.165, 1.54) is 7.11 Å². The second-order valence-corrected chi connectivity index (χ2v) is 4.59. The van der Waals surface area contributed by atoms with Crippen LogP contribution in [0.25, 0.3) is 0 Å². The molecule has 0 bridgehead atoms. The molecule has 0 saturated heterocycles. The number of carbonyl (C=O) groups excluding carboxylic acids is 1. The van der Waals surface area contributed by atoms with E-state index in [1.54, 1.807) is 12.1 Å². The lowest BCUT2D eigenvalue weighted by Gasteiger charge is -2.23. The highest BCUT2D eigenvalue weighted by molar-refractivity contribution is 5.86. The van der Waals surface area contributed by atoms with Crippen LogP contribution in [0.4, 0.5) is 5.69 Å². The summed E-state index contributed by atoms with van der Waals surface area (Å²) in [4.78, 5) is 13.5. The summed E-state index contributed by atoms with van der Waals surface area (Å²) in [5.41, 5.74) is 1.04. The maximum absolute atomic E-state index is 11.4. The number of carbonyl (C=O) groups is 1. The number of para-hydroxylation sites is 1. The van der Waals surface area contributed by atoms with Gasteiger partial charge in [0.2, 0.25) is 5.76 Å². The third-order valence-corrected chi connectivity index (χ3v) is 3.10. The zero-order valence-electron chi connectivity index (χ0n) is 12.0. The first kappa shape index (κ1) is 15.1. The van der Waals surface area contributed by atoms with Crippen LogP contribution in [0, 0.1) is 0 Å². The molecular weight excluding hydrogens is 270 g/mol. The van der Waals surface area contributed by atoms with Gasteiger partial charge in [0.05, 0.1) is 13.7 Å². The molecule has 0 unspecified atom stereocenters. The lowest BCUT2D eigenvalue weighted by molar-refractivity contribution is 0.0563. The topological polar surface area (TPSA) is 62.9 Å². The maximum atomic E-state index is 11.4. The number of benzene rings is 1. The molecule has 0 aliphatic rings. The Hall–Kier alpha value is -2.27. The monoisotopic (exact) mass is 289 g/mol. The molecule has 2 rings (SSSR count). The molecule has 112 valence electrons. The van der Waals surface area contributed by atoms with Crippen LogP contribution in [0.3, 0.4) is 0 Å². The molecule has 0 aliphatic carbocycles. The molecule has 0 radical (unpaired) electrons. The number of methoxy groups -OCH3 is 1. The fraction of sp³-hybridized carbons (Fsp3) is 0.312. The lowest BCUT2D eigenvalue weighted by Crippen LogP contribution is -2.24. The summed E-state index contributed by atoms with van der Waals surface area (Å²) in [5, 5.41) is 9.03. The van der Waals surface area contributed by atoms with Gasteiger partial charge >= 0.3 is 5.97 Å². The molecule has 1 N–H and O–H groups in total. The highest BCUT2D eigenvalue weighted by atomic mass is 16.5. The third-order valence-electron chi connectivity index (χ3n) is 3.10. The Morgan fingerprint density at radius 2 is 2.00 bits per heavy atom. The van der Waals surface area contributed by atoms with E-state index in [1.807, 2.05) is 30.3 Å². The second-order valence-electron chi connectivity index (χ2n) is 4.59. The van der Waals surface area contributed by atoms with Crippen molar-refractivity contribution >= 4 is 11.7 Å². The van der Waals surface area contributed by atoms with Crippen molar-refractivity contribution in [3.8, 4) is 0 Å². The van der Waals surface area contributed by atoms with E-state index in [0.717, 1.165) is 5.69 Å². The Balaban J connectivity index is 2.11. The van der Waals surface area contributed by atoms with E-state index in [0.29, 0.717) is 25.3 Å². The number of ether oxygens (including phenoxy) is 1. The first-order valence-electron chi connectivity index (χ1n) is 6.82. The van der Waals surface area contributed by atoms with Crippen molar-refractivity contribution in [3.63, 3.8) is 0 Å². The second kappa shape index (κ2) is 7.50. The molecule has 2 aromatic rings. The van der Waals surface area contributed by atoms with Crippen molar-refractivity contribution in [2.75, 3.05) is 25.2 Å². The average molecular weight is 289 g/mol. The number of anilines is 1. The Kier molecular flexibility index (Phi) is 5.40. The number of rotatable bonds is 7. The minimum Gasteiger partial charge on any atom is -0.463 e. The Bertz CT molecular complexity index is 565. The summed E-state index contributed by atoms with van der Waals surface area (Å²) < 4.78 is 10.1.